The number of carbonyl (C=O) groups excluding carboxylic acids is 4. The summed E-state index contributed by atoms with van der Waals surface area (Å²) in [6.45, 7) is 7.92. The zero-order valence-electron chi connectivity index (χ0n) is 22.3. The van der Waals surface area contributed by atoms with Crippen LogP contribution in [0.2, 0.25) is 0 Å². The Balaban J connectivity index is 3.16. The van der Waals surface area contributed by atoms with Crippen LogP contribution in [0.4, 0.5) is 0 Å². The third-order valence-corrected chi connectivity index (χ3v) is 7.42. The molecule has 1 saturated heterocycles. The van der Waals surface area contributed by atoms with Crippen molar-refractivity contribution in [2.75, 3.05) is 26.0 Å². The molecule has 0 unspecified atom stereocenters. The minimum Gasteiger partial charge on any atom is -0.463 e. The molecule has 1 aliphatic heterocycles. The number of aliphatic hydroxyl groups is 1. The van der Waals surface area contributed by atoms with Crippen molar-refractivity contribution in [3.63, 3.8) is 0 Å². The van der Waals surface area contributed by atoms with Gasteiger partial charge in [0.2, 0.25) is 5.79 Å². The molecule has 1 aliphatic rings. The van der Waals surface area contributed by atoms with Gasteiger partial charge < -0.3 is 37.8 Å². The molecule has 37 heavy (non-hydrogen) atoms. The zero-order chi connectivity index (χ0) is 28.2. The molecule has 214 valence electrons. The molecule has 14 heteroatoms. The van der Waals surface area contributed by atoms with Crippen LogP contribution in [0, 0.1) is 0 Å². The molecule has 0 aliphatic carbocycles. The Bertz CT molecular complexity index is 821. The number of unbranched alkanes of at least 4 members (excludes halogenated alkanes) is 2. The Labute approximate surface area is 216 Å². The molecule has 1 rings (SSSR count). The number of hydrogen-bond donors (Lipinski definition) is 1. The number of rotatable bonds is 15. The smallest absolute Gasteiger partial charge is 0.330 e. The SMILES string of the molecule is CCOP(=O)(CCCCC[C@@]1(O)O[C@H](COC(C)=O)[C@@H](OC(C)=O)[C@H](OC(C)=O)[C@H]1OC(C)=O)OCC. The van der Waals surface area contributed by atoms with Gasteiger partial charge in [-0.2, -0.15) is 0 Å². The normalized spacial score (nSPS) is 25.7. The van der Waals surface area contributed by atoms with Gasteiger partial charge in [-0.25, -0.2) is 0 Å². The minimum absolute atomic E-state index is 0.111. The van der Waals surface area contributed by atoms with Crippen LogP contribution in [0.1, 0.15) is 67.2 Å². The van der Waals surface area contributed by atoms with Gasteiger partial charge in [0.25, 0.3) is 0 Å². The lowest BCUT2D eigenvalue weighted by molar-refractivity contribution is -0.354. The van der Waals surface area contributed by atoms with Crippen LogP contribution in [-0.4, -0.2) is 85.2 Å². The van der Waals surface area contributed by atoms with E-state index in [0.717, 1.165) is 27.7 Å². The van der Waals surface area contributed by atoms with Crippen molar-refractivity contribution in [3.05, 3.63) is 0 Å². The van der Waals surface area contributed by atoms with Crippen molar-refractivity contribution in [2.24, 2.45) is 0 Å². The second-order valence-electron chi connectivity index (χ2n) is 8.46. The molecule has 0 bridgehead atoms. The van der Waals surface area contributed by atoms with Crippen molar-refractivity contribution < 1.29 is 61.6 Å². The molecule has 13 nitrogen and oxygen atoms in total. The Hall–Kier alpha value is -2.05. The summed E-state index contributed by atoms with van der Waals surface area (Å²) in [5, 5.41) is 11.5. The fourth-order valence-electron chi connectivity index (χ4n) is 3.98. The lowest BCUT2D eigenvalue weighted by Crippen LogP contribution is -2.68. The summed E-state index contributed by atoms with van der Waals surface area (Å²) in [5.41, 5.74) is 0. The third kappa shape index (κ3) is 11.1. The molecule has 0 radical (unpaired) electrons. The maximum Gasteiger partial charge on any atom is 0.330 e. The Kier molecular flexibility index (Phi) is 13.7. The van der Waals surface area contributed by atoms with Gasteiger partial charge in [-0.15, -0.1) is 0 Å². The lowest BCUT2D eigenvalue weighted by atomic mass is 9.88. The van der Waals surface area contributed by atoms with E-state index in [-0.39, 0.29) is 25.8 Å². The van der Waals surface area contributed by atoms with Gasteiger partial charge in [-0.1, -0.05) is 6.42 Å². The highest BCUT2D eigenvalue weighted by Crippen LogP contribution is 2.49. The lowest BCUT2D eigenvalue weighted by Gasteiger charge is -2.48. The Morgan fingerprint density at radius 3 is 1.84 bits per heavy atom. The van der Waals surface area contributed by atoms with E-state index < -0.39 is 68.3 Å². The maximum atomic E-state index is 12.6. The quantitative estimate of drug-likeness (QED) is 0.135. The van der Waals surface area contributed by atoms with Crippen LogP contribution >= 0.6 is 7.60 Å². The van der Waals surface area contributed by atoms with E-state index in [1.165, 1.54) is 0 Å². The van der Waals surface area contributed by atoms with Gasteiger partial charge in [0.05, 0.1) is 19.4 Å². The fraction of sp³-hybridized carbons (Fsp3) is 0.826. The maximum absolute atomic E-state index is 12.6. The first kappa shape index (κ1) is 33.0. The summed E-state index contributed by atoms with van der Waals surface area (Å²) >= 11 is 0. The molecular formula is C23H39O13P. The summed E-state index contributed by atoms with van der Waals surface area (Å²) < 4.78 is 49.9. The van der Waals surface area contributed by atoms with Gasteiger partial charge >= 0.3 is 31.5 Å². The van der Waals surface area contributed by atoms with Crippen molar-refractivity contribution in [1.82, 2.24) is 0 Å². The van der Waals surface area contributed by atoms with Crippen LogP contribution in [0.15, 0.2) is 0 Å². The predicted molar refractivity (Wildman–Crippen MR) is 127 cm³/mol. The third-order valence-electron chi connectivity index (χ3n) is 5.26. The monoisotopic (exact) mass is 554 g/mol. The molecule has 1 heterocycles. The number of esters is 4. The van der Waals surface area contributed by atoms with Crippen molar-refractivity contribution in [3.8, 4) is 0 Å². The van der Waals surface area contributed by atoms with E-state index in [9.17, 15) is 28.8 Å². The molecule has 0 spiro atoms. The van der Waals surface area contributed by atoms with Gasteiger partial charge in [-0.3, -0.25) is 23.7 Å². The molecule has 0 aromatic rings. The molecular weight excluding hydrogens is 515 g/mol. The van der Waals surface area contributed by atoms with Crippen molar-refractivity contribution in [2.45, 2.75) is 97.4 Å². The van der Waals surface area contributed by atoms with Gasteiger partial charge in [0.1, 0.15) is 12.7 Å². The minimum atomic E-state index is -3.23. The number of hydrogen-bond acceptors (Lipinski definition) is 13. The van der Waals surface area contributed by atoms with Crippen LogP contribution in [0.3, 0.4) is 0 Å². The largest absolute Gasteiger partial charge is 0.463 e. The number of ether oxygens (including phenoxy) is 5. The predicted octanol–water partition coefficient (Wildman–Crippen LogP) is 2.26. The van der Waals surface area contributed by atoms with E-state index in [1.54, 1.807) is 13.8 Å². The standard InChI is InChI=1S/C23H39O13P/c1-7-31-37(29,32-8-2)13-11-9-10-12-23(28)22(35-18(6)27)21(34-17(5)26)20(33-16(4)25)19(36-23)14-30-15(3)24/h19-22,28H,7-14H2,1-6H3/t19-,20-,21+,22-,23-/m1/s1. The fourth-order valence-corrected chi connectivity index (χ4v) is 5.71. The molecule has 0 amide bonds. The molecule has 1 N–H and O–H groups in total. The van der Waals surface area contributed by atoms with Crippen molar-refractivity contribution in [1.29, 1.82) is 0 Å². The van der Waals surface area contributed by atoms with E-state index in [0.29, 0.717) is 19.3 Å². The molecule has 0 aromatic heterocycles. The Morgan fingerprint density at radius 2 is 1.35 bits per heavy atom. The van der Waals surface area contributed by atoms with Crippen molar-refractivity contribution >= 4 is 31.5 Å². The second kappa shape index (κ2) is 15.4. The summed E-state index contributed by atoms with van der Waals surface area (Å²) in [5.74, 6) is -5.22. The van der Waals surface area contributed by atoms with E-state index >= 15 is 0 Å². The molecule has 0 saturated carbocycles. The van der Waals surface area contributed by atoms with E-state index in [2.05, 4.69) is 0 Å². The number of carbonyl (C=O) groups is 4. The summed E-state index contributed by atoms with van der Waals surface area (Å²) in [7, 11) is -3.23. The first-order valence-electron chi connectivity index (χ1n) is 12.2. The van der Waals surface area contributed by atoms with Gasteiger partial charge in [0.15, 0.2) is 18.3 Å². The summed E-state index contributed by atoms with van der Waals surface area (Å²) in [4.78, 5) is 47.0. The summed E-state index contributed by atoms with van der Waals surface area (Å²) in [6.07, 6.45) is -4.36. The average Bonchev–Trinajstić information content (AvgIpc) is 2.76. The van der Waals surface area contributed by atoms with Crippen LogP contribution in [0.5, 0.6) is 0 Å². The van der Waals surface area contributed by atoms with Gasteiger partial charge in [-0.05, 0) is 26.7 Å². The highest BCUT2D eigenvalue weighted by Gasteiger charge is 2.59. The highest BCUT2D eigenvalue weighted by atomic mass is 31.2. The van der Waals surface area contributed by atoms with Crippen LogP contribution in [0.25, 0.3) is 0 Å². The molecule has 1 fully saturated rings. The topological polar surface area (TPSA) is 170 Å². The van der Waals surface area contributed by atoms with E-state index in [4.69, 9.17) is 32.7 Å². The summed E-state index contributed by atoms with van der Waals surface area (Å²) in [6, 6.07) is 0. The molecule has 5 atom stereocenters. The van der Waals surface area contributed by atoms with Gasteiger partial charge in [0, 0.05) is 34.1 Å². The average molecular weight is 555 g/mol. The van der Waals surface area contributed by atoms with E-state index in [1.807, 2.05) is 0 Å². The molecule has 0 aromatic carbocycles. The van der Waals surface area contributed by atoms with Crippen LogP contribution < -0.4 is 0 Å². The highest BCUT2D eigenvalue weighted by molar-refractivity contribution is 7.53. The zero-order valence-corrected chi connectivity index (χ0v) is 23.2. The van der Waals surface area contributed by atoms with Crippen LogP contribution in [-0.2, 0) is 56.5 Å². The Morgan fingerprint density at radius 1 is 0.811 bits per heavy atom. The first-order chi connectivity index (χ1) is 17.3. The second-order valence-corrected chi connectivity index (χ2v) is 10.6. The first-order valence-corrected chi connectivity index (χ1v) is 13.9.